The molecule has 2 atom stereocenters. The number of ether oxygens (including phenoxy) is 1. The van der Waals surface area contributed by atoms with Gasteiger partial charge in [0.1, 0.15) is 11.7 Å². The molecule has 8 nitrogen and oxygen atoms in total. The van der Waals surface area contributed by atoms with E-state index in [-0.39, 0.29) is 30.2 Å². The summed E-state index contributed by atoms with van der Waals surface area (Å²) in [6.07, 6.45) is 4.49. The van der Waals surface area contributed by atoms with Gasteiger partial charge in [-0.15, -0.1) is 0 Å². The Hall–Kier alpha value is -3.78. The van der Waals surface area contributed by atoms with Crippen LogP contribution in [0.4, 0.5) is 5.69 Å². The predicted octanol–water partition coefficient (Wildman–Crippen LogP) is 2.18. The zero-order valence-electron chi connectivity index (χ0n) is 17.6. The van der Waals surface area contributed by atoms with E-state index in [1.165, 1.54) is 23.5 Å². The molecule has 1 aliphatic heterocycles. The van der Waals surface area contributed by atoms with Gasteiger partial charge in [0.25, 0.3) is 5.91 Å². The number of benzene rings is 2. The number of nitrogen functional groups attached to an aromatic ring is 1. The summed E-state index contributed by atoms with van der Waals surface area (Å²) in [5, 5.41) is 2.91. The van der Waals surface area contributed by atoms with E-state index < -0.39 is 6.04 Å². The quantitative estimate of drug-likeness (QED) is 0.555. The third kappa shape index (κ3) is 5.09. The van der Waals surface area contributed by atoms with Crippen molar-refractivity contribution in [2.75, 3.05) is 12.3 Å². The number of amides is 2. The number of hydrogen-bond acceptors (Lipinski definition) is 6. The topological polar surface area (TPSA) is 110 Å². The highest BCUT2D eigenvalue weighted by atomic mass is 16.5. The van der Waals surface area contributed by atoms with E-state index in [9.17, 15) is 9.59 Å². The van der Waals surface area contributed by atoms with Gasteiger partial charge in [-0.1, -0.05) is 48.5 Å². The average Bonchev–Trinajstić information content (AvgIpc) is 3.27. The van der Waals surface area contributed by atoms with E-state index >= 15 is 0 Å². The lowest BCUT2D eigenvalue weighted by atomic mass is 10.1. The minimum atomic E-state index is -0.671. The number of carbonyl (C=O) groups excluding carboxylic acids is 2. The lowest BCUT2D eigenvalue weighted by Gasteiger charge is -2.23. The molecule has 0 radical (unpaired) electrons. The monoisotopic (exact) mass is 431 g/mol. The van der Waals surface area contributed by atoms with Gasteiger partial charge < -0.3 is 20.7 Å². The van der Waals surface area contributed by atoms with Gasteiger partial charge in [-0.25, -0.2) is 4.98 Å². The fourth-order valence-corrected chi connectivity index (χ4v) is 3.73. The molecule has 1 aliphatic rings. The summed E-state index contributed by atoms with van der Waals surface area (Å²) in [6.45, 7) is 0.992. The minimum Gasteiger partial charge on any atom is -0.398 e. The molecule has 1 fully saturated rings. The SMILES string of the molecule is Nc1ccccc1CNC(=O)C1CC(OCc2ccccc2)CN1C(=O)c1cnccn1. The van der Waals surface area contributed by atoms with Gasteiger partial charge in [0, 0.05) is 37.6 Å². The summed E-state index contributed by atoms with van der Waals surface area (Å²) in [6, 6.07) is 16.5. The molecule has 0 saturated carbocycles. The molecule has 164 valence electrons. The number of para-hydroxylation sites is 1. The van der Waals surface area contributed by atoms with Crippen LogP contribution in [0.15, 0.2) is 73.2 Å². The van der Waals surface area contributed by atoms with Crippen LogP contribution in [-0.2, 0) is 22.7 Å². The Labute approximate surface area is 186 Å². The van der Waals surface area contributed by atoms with Gasteiger partial charge >= 0.3 is 0 Å². The van der Waals surface area contributed by atoms with Gasteiger partial charge in [0.15, 0.2) is 0 Å². The molecule has 8 heteroatoms. The van der Waals surface area contributed by atoms with Crippen molar-refractivity contribution in [3.05, 3.63) is 90.0 Å². The number of nitrogens with zero attached hydrogens (tertiary/aromatic N) is 3. The highest BCUT2D eigenvalue weighted by Crippen LogP contribution is 2.24. The van der Waals surface area contributed by atoms with Crippen molar-refractivity contribution in [3.8, 4) is 0 Å². The summed E-state index contributed by atoms with van der Waals surface area (Å²) < 4.78 is 6.04. The average molecular weight is 431 g/mol. The first-order valence-electron chi connectivity index (χ1n) is 10.5. The second-order valence-electron chi connectivity index (χ2n) is 7.63. The zero-order valence-corrected chi connectivity index (χ0v) is 17.6. The second kappa shape index (κ2) is 10.0. The first-order valence-corrected chi connectivity index (χ1v) is 10.5. The van der Waals surface area contributed by atoms with Crippen LogP contribution in [0.3, 0.4) is 0 Å². The normalized spacial score (nSPS) is 17.8. The Morgan fingerprint density at radius 1 is 1.09 bits per heavy atom. The summed E-state index contributed by atoms with van der Waals surface area (Å²) in [7, 11) is 0. The highest BCUT2D eigenvalue weighted by molar-refractivity contribution is 5.96. The van der Waals surface area contributed by atoms with Crippen LogP contribution in [0.2, 0.25) is 0 Å². The Bertz CT molecular complexity index is 1060. The molecule has 2 unspecified atom stereocenters. The van der Waals surface area contributed by atoms with Crippen LogP contribution in [0.1, 0.15) is 28.0 Å². The van der Waals surface area contributed by atoms with Crippen molar-refractivity contribution in [2.24, 2.45) is 0 Å². The number of aromatic nitrogens is 2. The van der Waals surface area contributed by atoms with E-state index in [4.69, 9.17) is 10.5 Å². The van der Waals surface area contributed by atoms with E-state index in [0.717, 1.165) is 11.1 Å². The second-order valence-corrected chi connectivity index (χ2v) is 7.63. The molecular weight excluding hydrogens is 406 g/mol. The molecule has 2 aromatic carbocycles. The highest BCUT2D eigenvalue weighted by Gasteiger charge is 2.40. The first kappa shape index (κ1) is 21.5. The third-order valence-electron chi connectivity index (χ3n) is 5.45. The Morgan fingerprint density at radius 2 is 1.88 bits per heavy atom. The molecule has 0 aliphatic carbocycles. The molecule has 1 aromatic heterocycles. The van der Waals surface area contributed by atoms with E-state index in [1.54, 1.807) is 6.07 Å². The number of nitrogens with one attached hydrogen (secondary N) is 1. The van der Waals surface area contributed by atoms with Gasteiger partial charge in [-0.05, 0) is 17.2 Å². The van der Waals surface area contributed by atoms with Crippen LogP contribution < -0.4 is 11.1 Å². The lowest BCUT2D eigenvalue weighted by Crippen LogP contribution is -2.46. The molecule has 3 aromatic rings. The van der Waals surface area contributed by atoms with Crippen molar-refractivity contribution in [3.63, 3.8) is 0 Å². The van der Waals surface area contributed by atoms with Crippen molar-refractivity contribution in [2.45, 2.75) is 31.7 Å². The molecule has 1 saturated heterocycles. The number of nitrogens with two attached hydrogens (primary N) is 1. The number of rotatable bonds is 7. The first-order chi connectivity index (χ1) is 15.6. The van der Waals surface area contributed by atoms with Crippen molar-refractivity contribution >= 4 is 17.5 Å². The van der Waals surface area contributed by atoms with Crippen LogP contribution in [0, 0.1) is 0 Å². The summed E-state index contributed by atoms with van der Waals surface area (Å²) in [4.78, 5) is 35.7. The molecule has 0 spiro atoms. The van der Waals surface area contributed by atoms with E-state index in [2.05, 4.69) is 15.3 Å². The molecule has 3 N–H and O–H groups in total. The van der Waals surface area contributed by atoms with E-state index in [0.29, 0.717) is 25.3 Å². The summed E-state index contributed by atoms with van der Waals surface area (Å²) in [5.74, 6) is -0.598. The van der Waals surface area contributed by atoms with Crippen LogP contribution in [0.25, 0.3) is 0 Å². The van der Waals surface area contributed by atoms with Crippen LogP contribution in [0.5, 0.6) is 0 Å². The fourth-order valence-electron chi connectivity index (χ4n) is 3.73. The molecule has 4 rings (SSSR count). The van der Waals surface area contributed by atoms with Crippen molar-refractivity contribution in [1.29, 1.82) is 0 Å². The van der Waals surface area contributed by atoms with Crippen molar-refractivity contribution < 1.29 is 14.3 Å². The van der Waals surface area contributed by atoms with Crippen LogP contribution >= 0.6 is 0 Å². The fraction of sp³-hybridized carbons (Fsp3) is 0.250. The predicted molar refractivity (Wildman–Crippen MR) is 119 cm³/mol. The zero-order chi connectivity index (χ0) is 22.3. The lowest BCUT2D eigenvalue weighted by molar-refractivity contribution is -0.125. The summed E-state index contributed by atoms with van der Waals surface area (Å²) >= 11 is 0. The number of likely N-dealkylation sites (tertiary alicyclic amines) is 1. The maximum absolute atomic E-state index is 13.1. The van der Waals surface area contributed by atoms with Crippen molar-refractivity contribution in [1.82, 2.24) is 20.2 Å². The molecule has 2 heterocycles. The summed E-state index contributed by atoms with van der Waals surface area (Å²) in [5.41, 5.74) is 8.64. The Kier molecular flexibility index (Phi) is 6.72. The Morgan fingerprint density at radius 3 is 2.62 bits per heavy atom. The smallest absolute Gasteiger partial charge is 0.274 e. The standard InChI is InChI=1S/C24H25N5O3/c25-20-9-5-4-8-18(20)13-28-23(30)22-12-19(32-16-17-6-2-1-3-7-17)15-29(22)24(31)21-14-26-10-11-27-21/h1-11,14,19,22H,12-13,15-16,25H2,(H,28,30). The minimum absolute atomic E-state index is 0.196. The van der Waals surface area contributed by atoms with Crippen LogP contribution in [-0.4, -0.2) is 45.4 Å². The van der Waals surface area contributed by atoms with Gasteiger partial charge in [0.2, 0.25) is 5.91 Å². The third-order valence-corrected chi connectivity index (χ3v) is 5.45. The molecule has 0 bridgehead atoms. The Balaban J connectivity index is 1.46. The largest absolute Gasteiger partial charge is 0.398 e. The van der Waals surface area contributed by atoms with E-state index in [1.807, 2.05) is 48.5 Å². The van der Waals surface area contributed by atoms with Gasteiger partial charge in [0.05, 0.1) is 18.9 Å². The number of anilines is 1. The van der Waals surface area contributed by atoms with Gasteiger partial charge in [-0.2, -0.15) is 0 Å². The molecular formula is C24H25N5O3. The maximum atomic E-state index is 13.1. The molecule has 2 amide bonds. The number of carbonyl (C=O) groups is 2. The maximum Gasteiger partial charge on any atom is 0.274 e. The molecule has 32 heavy (non-hydrogen) atoms. The number of hydrogen-bond donors (Lipinski definition) is 2. The van der Waals surface area contributed by atoms with Gasteiger partial charge in [-0.3, -0.25) is 14.6 Å².